The molecule has 0 aliphatic carbocycles. The number of carbonyl (C=O) groups is 1. The zero-order valence-corrected chi connectivity index (χ0v) is 12.1. The summed E-state index contributed by atoms with van der Waals surface area (Å²) in [6, 6.07) is 5.69. The van der Waals surface area contributed by atoms with Gasteiger partial charge in [-0.2, -0.15) is 0 Å². The van der Waals surface area contributed by atoms with E-state index in [1.54, 1.807) is 6.33 Å². The Balaban J connectivity index is 1.88. The first kappa shape index (κ1) is 12.3. The van der Waals surface area contributed by atoms with Crippen LogP contribution in [0.2, 0.25) is 0 Å². The van der Waals surface area contributed by atoms with E-state index in [9.17, 15) is 4.79 Å². The molecule has 0 N–H and O–H groups in total. The van der Waals surface area contributed by atoms with Crippen LogP contribution in [0.15, 0.2) is 29.0 Å². The van der Waals surface area contributed by atoms with Gasteiger partial charge in [0.1, 0.15) is 6.33 Å². The Bertz CT molecular complexity index is 637. The SMILES string of the molecule is Cc1c(Br)cccc1C(=O)N1CCn2cnnc2C1. The standard InChI is InChI=1S/C13H13BrN4O/c1-9-10(3-2-4-11(9)14)13(19)17-5-6-18-8-15-16-12(18)7-17/h2-4,8H,5-7H2,1H3. The summed E-state index contributed by atoms with van der Waals surface area (Å²) in [5, 5.41) is 7.90. The van der Waals surface area contributed by atoms with Crippen LogP contribution in [0.5, 0.6) is 0 Å². The largest absolute Gasteiger partial charge is 0.329 e. The Hall–Kier alpha value is -1.69. The molecule has 2 aromatic rings. The molecule has 98 valence electrons. The maximum absolute atomic E-state index is 12.6. The molecule has 19 heavy (non-hydrogen) atoms. The Labute approximate surface area is 119 Å². The van der Waals surface area contributed by atoms with Gasteiger partial charge in [-0.05, 0) is 24.6 Å². The first-order valence-electron chi connectivity index (χ1n) is 6.08. The molecular weight excluding hydrogens is 308 g/mol. The lowest BCUT2D eigenvalue weighted by molar-refractivity contribution is 0.0706. The summed E-state index contributed by atoms with van der Waals surface area (Å²) in [5.74, 6) is 0.889. The van der Waals surface area contributed by atoms with E-state index in [-0.39, 0.29) is 5.91 Å². The minimum absolute atomic E-state index is 0.0491. The van der Waals surface area contributed by atoms with E-state index in [2.05, 4.69) is 26.1 Å². The zero-order chi connectivity index (χ0) is 13.4. The molecule has 5 nitrogen and oxygen atoms in total. The molecule has 3 rings (SSSR count). The van der Waals surface area contributed by atoms with Crippen molar-refractivity contribution in [3.05, 3.63) is 46.0 Å². The first-order chi connectivity index (χ1) is 9.16. The van der Waals surface area contributed by atoms with E-state index in [4.69, 9.17) is 0 Å². The predicted molar refractivity (Wildman–Crippen MR) is 73.6 cm³/mol. The molecule has 0 unspecified atom stereocenters. The van der Waals surface area contributed by atoms with Crippen LogP contribution >= 0.6 is 15.9 Å². The van der Waals surface area contributed by atoms with Crippen LogP contribution < -0.4 is 0 Å². The summed E-state index contributed by atoms with van der Waals surface area (Å²) in [4.78, 5) is 14.4. The highest BCUT2D eigenvalue weighted by atomic mass is 79.9. The molecule has 1 aliphatic rings. The summed E-state index contributed by atoms with van der Waals surface area (Å²) in [6.07, 6.45) is 1.71. The third-order valence-electron chi connectivity index (χ3n) is 3.42. The molecule has 1 aliphatic heterocycles. The number of hydrogen-bond donors (Lipinski definition) is 0. The molecule has 0 radical (unpaired) electrons. The number of aromatic nitrogens is 3. The highest BCUT2D eigenvalue weighted by Crippen LogP contribution is 2.22. The second kappa shape index (κ2) is 4.77. The number of rotatable bonds is 1. The lowest BCUT2D eigenvalue weighted by Gasteiger charge is -2.27. The second-order valence-corrected chi connectivity index (χ2v) is 5.43. The molecule has 1 aromatic carbocycles. The topological polar surface area (TPSA) is 51.0 Å². The summed E-state index contributed by atoms with van der Waals surface area (Å²) in [7, 11) is 0. The van der Waals surface area contributed by atoms with Crippen molar-refractivity contribution in [3.63, 3.8) is 0 Å². The predicted octanol–water partition coefficient (Wildman–Crippen LogP) is 2.01. The van der Waals surface area contributed by atoms with Crippen molar-refractivity contribution in [3.8, 4) is 0 Å². The second-order valence-electron chi connectivity index (χ2n) is 4.58. The van der Waals surface area contributed by atoms with E-state index < -0.39 is 0 Å². The molecule has 0 saturated heterocycles. The number of carbonyl (C=O) groups excluding carboxylic acids is 1. The maximum Gasteiger partial charge on any atom is 0.254 e. The van der Waals surface area contributed by atoms with Crippen molar-refractivity contribution in [2.24, 2.45) is 0 Å². The minimum atomic E-state index is 0.0491. The van der Waals surface area contributed by atoms with Crippen LogP contribution in [-0.2, 0) is 13.1 Å². The molecule has 1 amide bonds. The van der Waals surface area contributed by atoms with Crippen molar-refractivity contribution < 1.29 is 4.79 Å². The average Bonchev–Trinajstić information content (AvgIpc) is 2.88. The number of fused-ring (bicyclic) bond motifs is 1. The fraction of sp³-hybridized carbons (Fsp3) is 0.308. The number of benzene rings is 1. The first-order valence-corrected chi connectivity index (χ1v) is 6.87. The third kappa shape index (κ3) is 2.16. The van der Waals surface area contributed by atoms with Crippen molar-refractivity contribution >= 4 is 21.8 Å². The molecule has 0 bridgehead atoms. The van der Waals surface area contributed by atoms with Gasteiger partial charge in [-0.1, -0.05) is 22.0 Å². The summed E-state index contributed by atoms with van der Waals surface area (Å²) in [5.41, 5.74) is 1.71. The lowest BCUT2D eigenvalue weighted by Crippen LogP contribution is -2.38. The maximum atomic E-state index is 12.6. The number of hydrogen-bond acceptors (Lipinski definition) is 3. The fourth-order valence-corrected chi connectivity index (χ4v) is 2.62. The molecule has 1 aromatic heterocycles. The molecule has 6 heteroatoms. The van der Waals surface area contributed by atoms with E-state index in [1.807, 2.05) is 34.6 Å². The van der Waals surface area contributed by atoms with E-state index in [1.165, 1.54) is 0 Å². The van der Waals surface area contributed by atoms with Crippen LogP contribution in [0.4, 0.5) is 0 Å². The van der Waals surface area contributed by atoms with Gasteiger partial charge in [0.2, 0.25) is 0 Å². The monoisotopic (exact) mass is 320 g/mol. The van der Waals surface area contributed by atoms with Gasteiger partial charge in [0.15, 0.2) is 5.82 Å². The fourth-order valence-electron chi connectivity index (χ4n) is 2.25. The molecule has 0 saturated carbocycles. The van der Waals surface area contributed by atoms with Gasteiger partial charge in [-0.25, -0.2) is 0 Å². The number of halogens is 1. The molecule has 2 heterocycles. The van der Waals surface area contributed by atoms with Crippen LogP contribution in [-0.4, -0.2) is 32.1 Å². The van der Waals surface area contributed by atoms with Crippen LogP contribution in [0, 0.1) is 6.92 Å². The van der Waals surface area contributed by atoms with Crippen molar-refractivity contribution in [2.75, 3.05) is 6.54 Å². The van der Waals surface area contributed by atoms with Gasteiger partial charge in [-0.15, -0.1) is 10.2 Å². The molecular formula is C13H13BrN4O. The van der Waals surface area contributed by atoms with Gasteiger partial charge in [0.25, 0.3) is 5.91 Å². The Morgan fingerprint density at radius 3 is 3.05 bits per heavy atom. The Morgan fingerprint density at radius 2 is 2.21 bits per heavy atom. The highest BCUT2D eigenvalue weighted by Gasteiger charge is 2.24. The smallest absolute Gasteiger partial charge is 0.254 e. The summed E-state index contributed by atoms with van der Waals surface area (Å²) >= 11 is 3.46. The average molecular weight is 321 g/mol. The van der Waals surface area contributed by atoms with Gasteiger partial charge in [0, 0.05) is 23.1 Å². The van der Waals surface area contributed by atoms with Crippen molar-refractivity contribution in [1.29, 1.82) is 0 Å². The van der Waals surface area contributed by atoms with Crippen LogP contribution in [0.25, 0.3) is 0 Å². The minimum Gasteiger partial charge on any atom is -0.329 e. The molecule has 0 fully saturated rings. The Morgan fingerprint density at radius 1 is 1.37 bits per heavy atom. The normalized spacial score (nSPS) is 14.3. The third-order valence-corrected chi connectivity index (χ3v) is 4.28. The van der Waals surface area contributed by atoms with E-state index >= 15 is 0 Å². The number of amides is 1. The van der Waals surface area contributed by atoms with Crippen LogP contribution in [0.1, 0.15) is 21.7 Å². The van der Waals surface area contributed by atoms with Crippen molar-refractivity contribution in [2.45, 2.75) is 20.0 Å². The zero-order valence-electron chi connectivity index (χ0n) is 10.5. The van der Waals surface area contributed by atoms with Gasteiger partial charge >= 0.3 is 0 Å². The summed E-state index contributed by atoms with van der Waals surface area (Å²) < 4.78 is 2.94. The highest BCUT2D eigenvalue weighted by molar-refractivity contribution is 9.10. The van der Waals surface area contributed by atoms with Gasteiger partial charge in [0.05, 0.1) is 6.54 Å². The lowest BCUT2D eigenvalue weighted by atomic mass is 10.1. The Kier molecular flexibility index (Phi) is 3.10. The van der Waals surface area contributed by atoms with Crippen LogP contribution in [0.3, 0.4) is 0 Å². The quantitative estimate of drug-likeness (QED) is 0.807. The number of nitrogens with zero attached hydrogens (tertiary/aromatic N) is 4. The molecule has 0 spiro atoms. The summed E-state index contributed by atoms with van der Waals surface area (Å²) in [6.45, 7) is 3.91. The van der Waals surface area contributed by atoms with Crippen molar-refractivity contribution in [1.82, 2.24) is 19.7 Å². The van der Waals surface area contributed by atoms with Gasteiger partial charge < -0.3 is 9.47 Å². The van der Waals surface area contributed by atoms with E-state index in [0.29, 0.717) is 13.1 Å². The van der Waals surface area contributed by atoms with Gasteiger partial charge in [-0.3, -0.25) is 4.79 Å². The van der Waals surface area contributed by atoms with E-state index in [0.717, 1.165) is 28.0 Å². The molecule has 0 atom stereocenters.